The average molecular weight is 289 g/mol. The first-order chi connectivity index (χ1) is 6.07. The van der Waals surface area contributed by atoms with Crippen LogP contribution < -0.4 is 4.90 Å². The van der Waals surface area contributed by atoms with Crippen molar-refractivity contribution in [3.8, 4) is 0 Å². The summed E-state index contributed by atoms with van der Waals surface area (Å²) >= 11 is 2.21. The van der Waals surface area contributed by atoms with Crippen LogP contribution in [0.2, 0.25) is 0 Å². The number of hydrogen-bond donors (Lipinski definition) is 0. The lowest BCUT2D eigenvalue weighted by molar-refractivity contribution is 0.272. The Morgan fingerprint density at radius 1 is 1.31 bits per heavy atom. The first-order valence-electron chi connectivity index (χ1n) is 4.29. The second kappa shape index (κ2) is 3.08. The zero-order chi connectivity index (χ0) is 9.47. The average Bonchev–Trinajstić information content (AvgIpc) is 2.01. The summed E-state index contributed by atoms with van der Waals surface area (Å²) in [6.07, 6.45) is 3.71. The first kappa shape index (κ1) is 9.18. The molecule has 0 atom stereocenters. The molecule has 1 fully saturated rings. The lowest BCUT2D eigenvalue weighted by atomic mass is 9.85. The maximum atomic E-state index is 4.27. The Balaban J connectivity index is 2.08. The number of hydrogen-bond acceptors (Lipinski definition) is 3. The van der Waals surface area contributed by atoms with Gasteiger partial charge in [-0.05, 0) is 28.0 Å². The van der Waals surface area contributed by atoms with Crippen molar-refractivity contribution in [2.75, 3.05) is 18.0 Å². The highest BCUT2D eigenvalue weighted by Crippen LogP contribution is 2.31. The molecular weight excluding hydrogens is 277 g/mol. The Kier molecular flexibility index (Phi) is 2.17. The second-order valence-corrected chi connectivity index (χ2v) is 5.47. The lowest BCUT2D eigenvalue weighted by Gasteiger charge is -2.45. The topological polar surface area (TPSA) is 29.0 Å². The van der Waals surface area contributed by atoms with Crippen LogP contribution in [0.4, 0.5) is 5.95 Å². The van der Waals surface area contributed by atoms with Gasteiger partial charge in [0.25, 0.3) is 0 Å². The molecule has 13 heavy (non-hydrogen) atoms. The second-order valence-electron chi connectivity index (χ2n) is 4.22. The summed E-state index contributed by atoms with van der Waals surface area (Å²) in [5.74, 6) is 0.861. The van der Waals surface area contributed by atoms with Gasteiger partial charge in [0.1, 0.15) is 0 Å². The minimum atomic E-state index is 0.437. The molecule has 0 bridgehead atoms. The molecule has 0 aliphatic carbocycles. The van der Waals surface area contributed by atoms with Crippen LogP contribution in [-0.4, -0.2) is 23.1 Å². The van der Waals surface area contributed by atoms with Crippen molar-refractivity contribution in [3.63, 3.8) is 0 Å². The Bertz CT molecular complexity index is 299. The maximum Gasteiger partial charge on any atom is 0.225 e. The predicted molar refractivity (Wildman–Crippen MR) is 60.7 cm³/mol. The van der Waals surface area contributed by atoms with E-state index < -0.39 is 0 Å². The molecule has 0 aromatic carbocycles. The van der Waals surface area contributed by atoms with Crippen LogP contribution in [-0.2, 0) is 0 Å². The fourth-order valence-corrected chi connectivity index (χ4v) is 1.88. The smallest absolute Gasteiger partial charge is 0.225 e. The highest BCUT2D eigenvalue weighted by molar-refractivity contribution is 14.1. The van der Waals surface area contributed by atoms with E-state index in [0.29, 0.717) is 5.41 Å². The van der Waals surface area contributed by atoms with E-state index >= 15 is 0 Å². The molecule has 1 saturated heterocycles. The van der Waals surface area contributed by atoms with Gasteiger partial charge in [-0.3, -0.25) is 0 Å². The summed E-state index contributed by atoms with van der Waals surface area (Å²) in [5, 5.41) is 0. The van der Waals surface area contributed by atoms with E-state index in [2.05, 4.69) is 51.3 Å². The van der Waals surface area contributed by atoms with Crippen LogP contribution in [0.25, 0.3) is 0 Å². The van der Waals surface area contributed by atoms with Crippen LogP contribution in [0.1, 0.15) is 13.8 Å². The quantitative estimate of drug-likeness (QED) is 0.740. The van der Waals surface area contributed by atoms with Gasteiger partial charge in [0.2, 0.25) is 5.95 Å². The number of nitrogens with zero attached hydrogens (tertiary/aromatic N) is 3. The van der Waals surface area contributed by atoms with Crippen LogP contribution in [0.5, 0.6) is 0 Å². The standard InChI is InChI=1S/C9H12IN3/c1-9(2)5-13(6-9)8-11-3-7(10)4-12-8/h3-4H,5-6H2,1-2H3. The highest BCUT2D eigenvalue weighted by Gasteiger charge is 2.35. The van der Waals surface area contributed by atoms with Crippen molar-refractivity contribution in [2.24, 2.45) is 5.41 Å². The molecule has 1 aliphatic heterocycles. The fourth-order valence-electron chi connectivity index (χ4n) is 1.60. The van der Waals surface area contributed by atoms with Crippen LogP contribution in [0, 0.1) is 8.99 Å². The molecule has 3 nitrogen and oxygen atoms in total. The van der Waals surface area contributed by atoms with Gasteiger partial charge in [0, 0.05) is 29.1 Å². The van der Waals surface area contributed by atoms with Crippen LogP contribution >= 0.6 is 22.6 Å². The molecular formula is C9H12IN3. The van der Waals surface area contributed by atoms with E-state index in [9.17, 15) is 0 Å². The van der Waals surface area contributed by atoms with Crippen LogP contribution in [0.15, 0.2) is 12.4 Å². The van der Waals surface area contributed by atoms with E-state index in [0.717, 1.165) is 22.6 Å². The Morgan fingerprint density at radius 2 is 1.85 bits per heavy atom. The molecule has 0 radical (unpaired) electrons. The Labute approximate surface area is 91.7 Å². The predicted octanol–water partition coefficient (Wildman–Crippen LogP) is 1.93. The molecule has 0 N–H and O–H groups in total. The number of rotatable bonds is 1. The molecule has 2 heterocycles. The summed E-state index contributed by atoms with van der Waals surface area (Å²) < 4.78 is 1.08. The molecule has 0 spiro atoms. The summed E-state index contributed by atoms with van der Waals surface area (Å²) in [6.45, 7) is 6.65. The van der Waals surface area contributed by atoms with Crippen LogP contribution in [0.3, 0.4) is 0 Å². The molecule has 0 saturated carbocycles. The highest BCUT2D eigenvalue weighted by atomic mass is 127. The molecule has 4 heteroatoms. The summed E-state index contributed by atoms with van der Waals surface area (Å²) in [5.41, 5.74) is 0.437. The zero-order valence-corrected chi connectivity index (χ0v) is 9.95. The molecule has 2 rings (SSSR count). The number of aromatic nitrogens is 2. The molecule has 1 aromatic heterocycles. The van der Waals surface area contributed by atoms with Crippen molar-refractivity contribution in [1.82, 2.24) is 9.97 Å². The zero-order valence-electron chi connectivity index (χ0n) is 7.79. The van der Waals surface area contributed by atoms with Crippen molar-refractivity contribution in [3.05, 3.63) is 16.0 Å². The largest absolute Gasteiger partial charge is 0.340 e. The van der Waals surface area contributed by atoms with Crippen molar-refractivity contribution in [2.45, 2.75) is 13.8 Å². The summed E-state index contributed by atoms with van der Waals surface area (Å²) in [4.78, 5) is 10.8. The van der Waals surface area contributed by atoms with E-state index in [4.69, 9.17) is 0 Å². The Morgan fingerprint density at radius 3 is 2.31 bits per heavy atom. The normalized spacial score (nSPS) is 19.8. The molecule has 70 valence electrons. The van der Waals surface area contributed by atoms with E-state index in [-0.39, 0.29) is 0 Å². The fraction of sp³-hybridized carbons (Fsp3) is 0.556. The minimum absolute atomic E-state index is 0.437. The third-order valence-corrected chi connectivity index (χ3v) is 2.68. The lowest BCUT2D eigenvalue weighted by Crippen LogP contribution is -2.53. The van der Waals surface area contributed by atoms with Gasteiger partial charge in [-0.15, -0.1) is 0 Å². The monoisotopic (exact) mass is 289 g/mol. The molecule has 1 aromatic rings. The first-order valence-corrected chi connectivity index (χ1v) is 5.37. The number of anilines is 1. The Hall–Kier alpha value is -0.390. The van der Waals surface area contributed by atoms with Crippen molar-refractivity contribution >= 4 is 28.5 Å². The maximum absolute atomic E-state index is 4.27. The van der Waals surface area contributed by atoms with Gasteiger partial charge < -0.3 is 4.90 Å². The van der Waals surface area contributed by atoms with Crippen molar-refractivity contribution in [1.29, 1.82) is 0 Å². The number of halogens is 1. The third kappa shape index (κ3) is 1.92. The molecule has 0 unspecified atom stereocenters. The SMILES string of the molecule is CC1(C)CN(c2ncc(I)cn2)C1. The summed E-state index contributed by atoms with van der Waals surface area (Å²) in [6, 6.07) is 0. The van der Waals surface area contributed by atoms with Crippen molar-refractivity contribution < 1.29 is 0 Å². The van der Waals surface area contributed by atoms with Gasteiger partial charge >= 0.3 is 0 Å². The van der Waals surface area contributed by atoms with Gasteiger partial charge in [0.05, 0.1) is 0 Å². The van der Waals surface area contributed by atoms with Gasteiger partial charge in [0.15, 0.2) is 0 Å². The van der Waals surface area contributed by atoms with E-state index in [1.54, 1.807) is 0 Å². The van der Waals surface area contributed by atoms with Gasteiger partial charge in [-0.2, -0.15) is 0 Å². The summed E-state index contributed by atoms with van der Waals surface area (Å²) in [7, 11) is 0. The molecule has 1 aliphatic rings. The van der Waals surface area contributed by atoms with Gasteiger partial charge in [-0.25, -0.2) is 9.97 Å². The van der Waals surface area contributed by atoms with E-state index in [1.165, 1.54) is 0 Å². The van der Waals surface area contributed by atoms with Gasteiger partial charge in [-0.1, -0.05) is 13.8 Å². The minimum Gasteiger partial charge on any atom is -0.340 e. The molecule has 0 amide bonds. The van der Waals surface area contributed by atoms with E-state index in [1.807, 2.05) is 12.4 Å². The third-order valence-electron chi connectivity index (χ3n) is 2.13.